The summed E-state index contributed by atoms with van der Waals surface area (Å²) in [4.78, 5) is 14.7. The van der Waals surface area contributed by atoms with Gasteiger partial charge in [-0.1, -0.05) is 25.7 Å². The van der Waals surface area contributed by atoms with Crippen LogP contribution >= 0.6 is 0 Å². The number of rotatable bonds is 4. The topological polar surface area (TPSA) is 55.6 Å². The maximum atomic E-state index is 12.7. The molecule has 0 aromatic rings. The number of carbonyl (C=O) groups is 1. The number of nitrogens with zero attached hydrogens (tertiary/aromatic N) is 1. The van der Waals surface area contributed by atoms with Gasteiger partial charge in [0.25, 0.3) is 5.91 Å². The van der Waals surface area contributed by atoms with E-state index in [-0.39, 0.29) is 30.2 Å². The summed E-state index contributed by atoms with van der Waals surface area (Å²) < 4.78 is 6.08. The van der Waals surface area contributed by atoms with E-state index in [4.69, 9.17) is 10.5 Å². The van der Waals surface area contributed by atoms with Crippen molar-refractivity contribution < 1.29 is 9.53 Å². The first kappa shape index (κ1) is 16.8. The van der Waals surface area contributed by atoms with E-state index < -0.39 is 0 Å². The van der Waals surface area contributed by atoms with Gasteiger partial charge < -0.3 is 15.4 Å². The Morgan fingerprint density at radius 1 is 1.05 bits per heavy atom. The predicted octanol–water partition coefficient (Wildman–Crippen LogP) is 2.84. The van der Waals surface area contributed by atoms with Crippen molar-refractivity contribution in [3.05, 3.63) is 0 Å². The second-order valence-corrected chi connectivity index (χ2v) is 6.85. The van der Waals surface area contributed by atoms with Gasteiger partial charge in [-0.15, -0.1) is 0 Å². The summed E-state index contributed by atoms with van der Waals surface area (Å²) in [7, 11) is 0. The van der Waals surface area contributed by atoms with Crippen LogP contribution < -0.4 is 5.73 Å². The normalized spacial score (nSPS) is 28.0. The van der Waals surface area contributed by atoms with Crippen molar-refractivity contribution in [2.75, 3.05) is 6.54 Å². The molecule has 3 atom stereocenters. The molecule has 2 N–H and O–H groups in total. The third-order valence-corrected chi connectivity index (χ3v) is 4.99. The molecule has 1 saturated carbocycles. The molecule has 3 unspecified atom stereocenters. The molecule has 4 nitrogen and oxygen atoms in total. The molecular weight excluding hydrogens is 264 g/mol. The molecule has 122 valence electrons. The minimum atomic E-state index is -0.326. The Hall–Kier alpha value is -0.610. The van der Waals surface area contributed by atoms with Crippen molar-refractivity contribution in [2.45, 2.75) is 95.9 Å². The molecule has 0 spiro atoms. The van der Waals surface area contributed by atoms with Crippen molar-refractivity contribution in [3.8, 4) is 0 Å². The zero-order valence-corrected chi connectivity index (χ0v) is 13.7. The molecule has 0 bridgehead atoms. The maximum absolute atomic E-state index is 12.7. The van der Waals surface area contributed by atoms with Crippen LogP contribution in [0, 0.1) is 0 Å². The lowest BCUT2D eigenvalue weighted by atomic mass is 9.96. The average molecular weight is 296 g/mol. The molecule has 0 aromatic heterocycles. The molecule has 2 aliphatic rings. The molecule has 1 aliphatic carbocycles. The van der Waals surface area contributed by atoms with Crippen molar-refractivity contribution in [1.29, 1.82) is 0 Å². The van der Waals surface area contributed by atoms with Crippen molar-refractivity contribution in [3.63, 3.8) is 0 Å². The average Bonchev–Trinajstić information content (AvgIpc) is 2.75. The molecule has 21 heavy (non-hydrogen) atoms. The molecular formula is C17H32N2O2. The minimum absolute atomic E-state index is 0.0410. The Bertz CT molecular complexity index is 325. The third-order valence-electron chi connectivity index (χ3n) is 4.99. The van der Waals surface area contributed by atoms with Crippen LogP contribution in [-0.2, 0) is 9.53 Å². The Morgan fingerprint density at radius 2 is 1.67 bits per heavy atom. The molecule has 4 heteroatoms. The number of nitrogens with two attached hydrogens (primary N) is 1. The van der Waals surface area contributed by atoms with Crippen LogP contribution in [0.3, 0.4) is 0 Å². The van der Waals surface area contributed by atoms with E-state index in [0.29, 0.717) is 0 Å². The zero-order chi connectivity index (χ0) is 15.2. The van der Waals surface area contributed by atoms with E-state index in [1.54, 1.807) is 0 Å². The first-order valence-electron chi connectivity index (χ1n) is 8.81. The molecule has 2 fully saturated rings. The lowest BCUT2D eigenvalue weighted by molar-refractivity contribution is -0.151. The van der Waals surface area contributed by atoms with Crippen molar-refractivity contribution in [2.24, 2.45) is 5.73 Å². The van der Waals surface area contributed by atoms with Crippen LogP contribution in [-0.4, -0.2) is 41.6 Å². The Kier molecular flexibility index (Phi) is 6.49. The smallest absolute Gasteiger partial charge is 0.251 e. The molecule has 1 aliphatic heterocycles. The van der Waals surface area contributed by atoms with Crippen molar-refractivity contribution >= 4 is 5.91 Å². The molecule has 2 rings (SSSR count). The van der Waals surface area contributed by atoms with E-state index in [1.165, 1.54) is 32.1 Å². The largest absolute Gasteiger partial charge is 0.365 e. The van der Waals surface area contributed by atoms with Gasteiger partial charge in [-0.25, -0.2) is 0 Å². The molecule has 1 saturated heterocycles. The van der Waals surface area contributed by atoms with Crippen molar-refractivity contribution in [1.82, 2.24) is 4.90 Å². The van der Waals surface area contributed by atoms with Gasteiger partial charge in [0.2, 0.25) is 0 Å². The second kappa shape index (κ2) is 8.14. The van der Waals surface area contributed by atoms with Gasteiger partial charge in [0.15, 0.2) is 0 Å². The second-order valence-electron chi connectivity index (χ2n) is 6.85. The third kappa shape index (κ3) is 4.68. The highest BCUT2D eigenvalue weighted by atomic mass is 16.5. The van der Waals surface area contributed by atoms with E-state index in [2.05, 4.69) is 0 Å². The summed E-state index contributed by atoms with van der Waals surface area (Å²) in [5.74, 6) is 0.140. The van der Waals surface area contributed by atoms with E-state index in [1.807, 2.05) is 18.7 Å². The monoisotopic (exact) mass is 296 g/mol. The van der Waals surface area contributed by atoms with Gasteiger partial charge in [-0.3, -0.25) is 4.79 Å². The molecule has 1 heterocycles. The number of amides is 1. The number of likely N-dealkylation sites (tertiary alicyclic amines) is 1. The maximum Gasteiger partial charge on any atom is 0.251 e. The summed E-state index contributed by atoms with van der Waals surface area (Å²) in [6.45, 7) is 4.76. The summed E-state index contributed by atoms with van der Waals surface area (Å²) in [5.41, 5.74) is 6.07. The van der Waals surface area contributed by atoms with Crippen LogP contribution in [0.15, 0.2) is 0 Å². The van der Waals surface area contributed by atoms with Gasteiger partial charge in [-0.05, 0) is 46.0 Å². The number of ether oxygens (including phenoxy) is 1. The Balaban J connectivity index is 1.90. The molecule has 0 radical (unpaired) electrons. The van der Waals surface area contributed by atoms with E-state index in [0.717, 1.165) is 32.2 Å². The standard InChI is InChI=1S/C17H32N2O2/c1-13(18)16-11-7-8-12-19(16)17(20)14(2)21-15-9-5-3-4-6-10-15/h13-16H,3-12,18H2,1-2H3. The number of piperidine rings is 1. The number of hydrogen-bond acceptors (Lipinski definition) is 3. The first-order chi connectivity index (χ1) is 10.1. The lowest BCUT2D eigenvalue weighted by Gasteiger charge is -2.39. The summed E-state index contributed by atoms with van der Waals surface area (Å²) >= 11 is 0. The van der Waals surface area contributed by atoms with Gasteiger partial charge in [0.05, 0.1) is 6.10 Å². The highest BCUT2D eigenvalue weighted by molar-refractivity contribution is 5.81. The fourth-order valence-corrected chi connectivity index (χ4v) is 3.74. The summed E-state index contributed by atoms with van der Waals surface area (Å²) in [6.07, 6.45) is 10.5. The van der Waals surface area contributed by atoms with Gasteiger partial charge in [-0.2, -0.15) is 0 Å². The first-order valence-corrected chi connectivity index (χ1v) is 8.81. The fourth-order valence-electron chi connectivity index (χ4n) is 3.74. The molecule has 1 amide bonds. The van der Waals surface area contributed by atoms with Crippen LogP contribution in [0.2, 0.25) is 0 Å². The zero-order valence-electron chi connectivity index (χ0n) is 13.7. The molecule has 0 aromatic carbocycles. The highest BCUT2D eigenvalue weighted by Crippen LogP contribution is 2.24. The van der Waals surface area contributed by atoms with Crippen LogP contribution in [0.1, 0.15) is 71.6 Å². The van der Waals surface area contributed by atoms with Crippen LogP contribution in [0.5, 0.6) is 0 Å². The Labute approximate surface area is 129 Å². The van der Waals surface area contributed by atoms with Crippen LogP contribution in [0.25, 0.3) is 0 Å². The van der Waals surface area contributed by atoms with Crippen LogP contribution in [0.4, 0.5) is 0 Å². The number of hydrogen-bond donors (Lipinski definition) is 1. The van der Waals surface area contributed by atoms with Gasteiger partial charge in [0, 0.05) is 18.6 Å². The van der Waals surface area contributed by atoms with Gasteiger partial charge in [0.1, 0.15) is 6.10 Å². The Morgan fingerprint density at radius 3 is 2.29 bits per heavy atom. The SMILES string of the molecule is CC(OC1CCCCCC1)C(=O)N1CCCCC1C(C)N. The summed E-state index contributed by atoms with van der Waals surface area (Å²) in [5, 5.41) is 0. The quantitative estimate of drug-likeness (QED) is 0.812. The fraction of sp³-hybridized carbons (Fsp3) is 0.941. The van der Waals surface area contributed by atoms with Gasteiger partial charge >= 0.3 is 0 Å². The number of carbonyl (C=O) groups excluding carboxylic acids is 1. The minimum Gasteiger partial charge on any atom is -0.365 e. The highest BCUT2D eigenvalue weighted by Gasteiger charge is 2.32. The van der Waals surface area contributed by atoms with E-state index in [9.17, 15) is 4.79 Å². The van der Waals surface area contributed by atoms with E-state index >= 15 is 0 Å². The predicted molar refractivity (Wildman–Crippen MR) is 85.0 cm³/mol. The lowest BCUT2D eigenvalue weighted by Crippen LogP contribution is -2.54. The summed E-state index contributed by atoms with van der Waals surface area (Å²) in [6, 6.07) is 0.228.